The van der Waals surface area contributed by atoms with Crippen LogP contribution >= 0.6 is 11.8 Å². The molecule has 0 spiro atoms. The minimum absolute atomic E-state index is 0.0151. The Labute approximate surface area is 169 Å². The van der Waals surface area contributed by atoms with E-state index in [-0.39, 0.29) is 11.2 Å². The summed E-state index contributed by atoms with van der Waals surface area (Å²) in [6.07, 6.45) is 3.41. The number of carbonyl (C=O) groups is 1. The maximum absolute atomic E-state index is 11.4. The second-order valence-corrected chi connectivity index (χ2v) is 9.57. The number of aromatic nitrogens is 3. The van der Waals surface area contributed by atoms with Gasteiger partial charge in [0, 0.05) is 39.5 Å². The van der Waals surface area contributed by atoms with Crippen molar-refractivity contribution < 1.29 is 14.6 Å². The van der Waals surface area contributed by atoms with E-state index >= 15 is 0 Å². The van der Waals surface area contributed by atoms with Crippen LogP contribution in [-0.2, 0) is 24.9 Å². The molecule has 7 heteroatoms. The molecule has 0 aliphatic carbocycles. The van der Waals surface area contributed by atoms with Crippen molar-refractivity contribution >= 4 is 28.6 Å². The highest BCUT2D eigenvalue weighted by Gasteiger charge is 2.23. The van der Waals surface area contributed by atoms with Crippen molar-refractivity contribution in [2.45, 2.75) is 50.4 Å². The summed E-state index contributed by atoms with van der Waals surface area (Å²) in [6.45, 7) is 8.59. The monoisotopic (exact) mass is 399 g/mol. The fourth-order valence-corrected chi connectivity index (χ4v) is 4.16. The Morgan fingerprint density at radius 1 is 1.25 bits per heavy atom. The van der Waals surface area contributed by atoms with Gasteiger partial charge in [-0.1, -0.05) is 20.8 Å². The second-order valence-electron chi connectivity index (χ2n) is 7.74. The van der Waals surface area contributed by atoms with Gasteiger partial charge in [0.1, 0.15) is 12.4 Å². The van der Waals surface area contributed by atoms with E-state index in [4.69, 9.17) is 4.74 Å². The number of rotatable bonds is 6. The van der Waals surface area contributed by atoms with Crippen LogP contribution in [0, 0.1) is 6.92 Å². The SMILES string of the molecule is Cc1cnc(COc2ccc3c(c2)c(SC(C)(C)C)c(CC(=O)O)n3C)cn1. The van der Waals surface area contributed by atoms with Crippen LogP contribution in [0.1, 0.15) is 37.9 Å². The van der Waals surface area contributed by atoms with Gasteiger partial charge < -0.3 is 14.4 Å². The van der Waals surface area contributed by atoms with Crippen LogP contribution in [-0.4, -0.2) is 30.4 Å². The van der Waals surface area contributed by atoms with Crippen molar-refractivity contribution in [3.05, 3.63) is 47.7 Å². The van der Waals surface area contributed by atoms with Gasteiger partial charge in [-0.25, -0.2) is 0 Å². The van der Waals surface area contributed by atoms with Crippen LogP contribution in [0.4, 0.5) is 0 Å². The number of carboxylic acids is 1. The first kappa shape index (κ1) is 20.2. The van der Waals surface area contributed by atoms with Crippen LogP contribution in [0.2, 0.25) is 0 Å². The summed E-state index contributed by atoms with van der Waals surface area (Å²) in [7, 11) is 1.91. The lowest BCUT2D eigenvalue weighted by Gasteiger charge is -2.18. The van der Waals surface area contributed by atoms with Crippen molar-refractivity contribution in [1.29, 1.82) is 0 Å². The van der Waals surface area contributed by atoms with Crippen LogP contribution in [0.5, 0.6) is 5.75 Å². The van der Waals surface area contributed by atoms with Crippen molar-refractivity contribution in [3.8, 4) is 5.75 Å². The quantitative estimate of drug-likeness (QED) is 0.620. The number of thioether (sulfide) groups is 1. The topological polar surface area (TPSA) is 77.2 Å². The van der Waals surface area contributed by atoms with E-state index in [1.54, 1.807) is 24.2 Å². The van der Waals surface area contributed by atoms with E-state index in [1.807, 2.05) is 36.7 Å². The number of ether oxygens (including phenoxy) is 1. The number of fused-ring (bicyclic) bond motifs is 1. The summed E-state index contributed by atoms with van der Waals surface area (Å²) in [5.41, 5.74) is 3.42. The molecule has 0 amide bonds. The normalized spacial score (nSPS) is 11.8. The summed E-state index contributed by atoms with van der Waals surface area (Å²) in [4.78, 5) is 20.9. The molecular weight excluding hydrogens is 374 g/mol. The molecule has 0 atom stereocenters. The molecule has 2 heterocycles. The van der Waals surface area contributed by atoms with Gasteiger partial charge in [0.2, 0.25) is 0 Å². The van der Waals surface area contributed by atoms with Crippen molar-refractivity contribution in [3.63, 3.8) is 0 Å². The average molecular weight is 400 g/mol. The molecule has 0 saturated heterocycles. The van der Waals surface area contributed by atoms with Crippen molar-refractivity contribution in [2.24, 2.45) is 7.05 Å². The second kappa shape index (κ2) is 7.83. The summed E-state index contributed by atoms with van der Waals surface area (Å²) in [5, 5.41) is 10.4. The molecule has 148 valence electrons. The fourth-order valence-electron chi connectivity index (χ4n) is 2.95. The summed E-state index contributed by atoms with van der Waals surface area (Å²) >= 11 is 1.68. The van der Waals surface area contributed by atoms with Gasteiger partial charge >= 0.3 is 5.97 Å². The lowest BCUT2D eigenvalue weighted by atomic mass is 10.2. The maximum atomic E-state index is 11.4. The van der Waals surface area contributed by atoms with Gasteiger partial charge in [-0.3, -0.25) is 14.8 Å². The van der Waals surface area contributed by atoms with Crippen molar-refractivity contribution in [2.75, 3.05) is 0 Å². The number of nitrogens with zero attached hydrogens (tertiary/aromatic N) is 3. The molecular formula is C21H25N3O3S. The molecule has 0 unspecified atom stereocenters. The molecule has 0 radical (unpaired) electrons. The molecule has 3 aromatic rings. The average Bonchev–Trinajstić information content (AvgIpc) is 2.85. The van der Waals surface area contributed by atoms with E-state index in [0.29, 0.717) is 6.61 Å². The molecule has 6 nitrogen and oxygen atoms in total. The third-order valence-electron chi connectivity index (χ3n) is 4.19. The van der Waals surface area contributed by atoms with Crippen molar-refractivity contribution in [1.82, 2.24) is 14.5 Å². The smallest absolute Gasteiger partial charge is 0.309 e. The summed E-state index contributed by atoms with van der Waals surface area (Å²) in [6, 6.07) is 5.86. The van der Waals surface area contributed by atoms with Crippen LogP contribution < -0.4 is 4.74 Å². The Kier molecular flexibility index (Phi) is 5.65. The number of aliphatic carboxylic acids is 1. The highest BCUT2D eigenvalue weighted by atomic mass is 32.2. The van der Waals surface area contributed by atoms with E-state index in [2.05, 4.69) is 30.7 Å². The largest absolute Gasteiger partial charge is 0.487 e. The molecule has 0 fully saturated rings. The molecule has 1 N–H and O–H groups in total. The summed E-state index contributed by atoms with van der Waals surface area (Å²) in [5.74, 6) is -0.116. The molecule has 3 rings (SSSR count). The first-order chi connectivity index (χ1) is 13.1. The Balaban J connectivity index is 1.97. The van der Waals surface area contributed by atoms with Gasteiger partial charge in [0.15, 0.2) is 0 Å². The molecule has 2 aromatic heterocycles. The molecule has 28 heavy (non-hydrogen) atoms. The minimum Gasteiger partial charge on any atom is -0.487 e. The van der Waals surface area contributed by atoms with E-state index < -0.39 is 5.97 Å². The number of hydrogen-bond donors (Lipinski definition) is 1. The third-order valence-corrected chi connectivity index (χ3v) is 5.46. The third kappa shape index (κ3) is 4.65. The maximum Gasteiger partial charge on any atom is 0.309 e. The predicted octanol–water partition coefficient (Wildman–Crippen LogP) is 4.37. The van der Waals surface area contributed by atoms with Gasteiger partial charge in [-0.15, -0.1) is 11.8 Å². The van der Waals surface area contributed by atoms with E-state index in [0.717, 1.165) is 38.6 Å². The Morgan fingerprint density at radius 2 is 2.00 bits per heavy atom. The fraction of sp³-hybridized carbons (Fsp3) is 0.381. The highest BCUT2D eigenvalue weighted by molar-refractivity contribution is 8.00. The molecule has 1 aromatic carbocycles. The first-order valence-electron chi connectivity index (χ1n) is 9.06. The first-order valence-corrected chi connectivity index (χ1v) is 9.88. The van der Waals surface area contributed by atoms with Crippen LogP contribution in [0.15, 0.2) is 35.5 Å². The molecule has 0 bridgehead atoms. The lowest BCUT2D eigenvalue weighted by Crippen LogP contribution is -2.10. The lowest BCUT2D eigenvalue weighted by molar-refractivity contribution is -0.136. The van der Waals surface area contributed by atoms with Gasteiger partial charge in [0.05, 0.1) is 24.0 Å². The molecule has 0 saturated carbocycles. The number of hydrogen-bond acceptors (Lipinski definition) is 5. The van der Waals surface area contributed by atoms with E-state index in [9.17, 15) is 9.90 Å². The zero-order chi connectivity index (χ0) is 20.5. The van der Waals surface area contributed by atoms with Gasteiger partial charge in [0.25, 0.3) is 0 Å². The molecule has 0 aliphatic heterocycles. The molecule has 0 aliphatic rings. The highest BCUT2D eigenvalue weighted by Crippen LogP contribution is 2.41. The van der Waals surface area contributed by atoms with Crippen LogP contribution in [0.25, 0.3) is 10.9 Å². The number of benzene rings is 1. The Hall–Kier alpha value is -2.54. The Bertz CT molecular complexity index is 1000. The number of carboxylic acid groups (broad SMARTS) is 1. The standard InChI is InChI=1S/C21H25N3O3S/c1-13-10-23-14(11-22-13)12-27-15-6-7-17-16(8-15)20(28-21(2,3)4)18(24(17)5)9-19(25)26/h6-8,10-11H,9,12H2,1-5H3,(H,25,26). The van der Waals surface area contributed by atoms with Gasteiger partial charge in [-0.05, 0) is 25.1 Å². The van der Waals surface area contributed by atoms with Gasteiger partial charge in [-0.2, -0.15) is 0 Å². The Morgan fingerprint density at radius 3 is 2.61 bits per heavy atom. The zero-order valence-electron chi connectivity index (χ0n) is 16.8. The number of aryl methyl sites for hydroxylation is 2. The zero-order valence-corrected chi connectivity index (χ0v) is 17.6. The van der Waals surface area contributed by atoms with E-state index in [1.165, 1.54) is 0 Å². The summed E-state index contributed by atoms with van der Waals surface area (Å²) < 4.78 is 7.84. The predicted molar refractivity (Wildman–Crippen MR) is 111 cm³/mol. The minimum atomic E-state index is -0.837. The van der Waals surface area contributed by atoms with Crippen LogP contribution in [0.3, 0.4) is 0 Å².